The van der Waals surface area contributed by atoms with Crippen LogP contribution in [0.25, 0.3) is 32.7 Å². The van der Waals surface area contributed by atoms with Gasteiger partial charge in [-0.25, -0.2) is 0 Å². The molecular formula is C86H94. The summed E-state index contributed by atoms with van der Waals surface area (Å²) < 4.78 is 0. The van der Waals surface area contributed by atoms with Gasteiger partial charge in [-0.05, 0) is 187 Å². The van der Waals surface area contributed by atoms with Crippen LogP contribution in [0.5, 0.6) is 0 Å². The molecule has 0 saturated carbocycles. The second-order valence-electron chi connectivity index (χ2n) is 25.5. The van der Waals surface area contributed by atoms with Gasteiger partial charge in [0.25, 0.3) is 0 Å². The van der Waals surface area contributed by atoms with Crippen LogP contribution in [0.4, 0.5) is 0 Å². The molecule has 0 spiro atoms. The van der Waals surface area contributed by atoms with Gasteiger partial charge in [-0.3, -0.25) is 0 Å². The van der Waals surface area contributed by atoms with Crippen molar-refractivity contribution in [3.8, 4) is 58.5 Å². The first-order valence-electron chi connectivity index (χ1n) is 33.9. The van der Waals surface area contributed by atoms with Crippen LogP contribution in [-0.4, -0.2) is 0 Å². The Hall–Kier alpha value is -7.48. The van der Waals surface area contributed by atoms with E-state index in [0.29, 0.717) is 11.8 Å². The van der Waals surface area contributed by atoms with Crippen molar-refractivity contribution in [1.82, 2.24) is 0 Å². The van der Waals surface area contributed by atoms with E-state index in [1.807, 2.05) is 0 Å². The molecule has 0 nitrogen and oxygen atoms in total. The van der Waals surface area contributed by atoms with Gasteiger partial charge in [0.2, 0.25) is 0 Å². The lowest BCUT2D eigenvalue weighted by Crippen LogP contribution is -2.17. The maximum atomic E-state index is 3.97. The van der Waals surface area contributed by atoms with Crippen molar-refractivity contribution in [2.45, 2.75) is 196 Å². The predicted molar refractivity (Wildman–Crippen MR) is 370 cm³/mol. The Kier molecular flexibility index (Phi) is 21.7. The smallest absolute Gasteiger partial charge is 0.0718 e. The topological polar surface area (TPSA) is 0 Å². The maximum Gasteiger partial charge on any atom is 0.0718 e. The SMILES string of the molecule is CCCCC(CC)Cc1ccc(C#Cc2cc3c4c5c(cccc25)C(C#Cc2ccc(CC(CC)CCCC)cc2)c2cc(C#Cc5ccc(CC(CC)CCCC)cc5)c5cccc(c5c2-4)C3C#Cc2ccc(CC(CC)CCCC)cc2)cc1. The van der Waals surface area contributed by atoms with Gasteiger partial charge < -0.3 is 0 Å². The zero-order chi connectivity index (χ0) is 59.8. The molecule has 0 radical (unpaired) electrons. The van der Waals surface area contributed by atoms with Gasteiger partial charge >= 0.3 is 0 Å². The third-order valence-corrected chi connectivity index (χ3v) is 19.4. The normalized spacial score (nSPS) is 14.9. The van der Waals surface area contributed by atoms with E-state index in [2.05, 4.69) is 248 Å². The lowest BCUT2D eigenvalue weighted by atomic mass is 9.66. The van der Waals surface area contributed by atoms with Gasteiger partial charge in [-0.2, -0.15) is 0 Å². The molecule has 8 aromatic rings. The minimum Gasteiger partial charge on any atom is -0.0848 e. The van der Waals surface area contributed by atoms with E-state index in [1.165, 1.54) is 180 Å². The highest BCUT2D eigenvalue weighted by molar-refractivity contribution is 6.17. The Labute approximate surface area is 519 Å². The summed E-state index contributed by atoms with van der Waals surface area (Å²) in [6.45, 7) is 18.6. The molecule has 8 aromatic carbocycles. The van der Waals surface area contributed by atoms with Gasteiger partial charge in [0.05, 0.1) is 11.8 Å². The molecule has 0 N–H and O–H groups in total. The first-order chi connectivity index (χ1) is 42.3. The van der Waals surface area contributed by atoms with Crippen molar-refractivity contribution < 1.29 is 0 Å². The summed E-state index contributed by atoms with van der Waals surface area (Å²) in [5.74, 6) is 32.9. The lowest BCUT2D eigenvalue weighted by Gasteiger charge is -2.35. The Morgan fingerprint density at radius 2 is 0.605 bits per heavy atom. The molecule has 0 fully saturated rings. The van der Waals surface area contributed by atoms with Crippen LogP contribution in [0.3, 0.4) is 0 Å². The monoisotopic (exact) mass is 1130 g/mol. The number of unbranched alkanes of at least 4 members (excludes halogenated alkanes) is 4. The quantitative estimate of drug-likeness (QED) is 0.0529. The van der Waals surface area contributed by atoms with Gasteiger partial charge in [0.1, 0.15) is 0 Å². The van der Waals surface area contributed by atoms with Crippen LogP contribution in [0, 0.1) is 71.0 Å². The molecular weight excluding hydrogens is 1030 g/mol. The summed E-state index contributed by atoms with van der Waals surface area (Å²) in [6.07, 6.45) is 24.7. The summed E-state index contributed by atoms with van der Waals surface area (Å²) in [4.78, 5) is 0. The van der Waals surface area contributed by atoms with Crippen molar-refractivity contribution in [3.63, 3.8) is 0 Å². The number of hydrogen-bond donors (Lipinski definition) is 0. The van der Waals surface area contributed by atoms with E-state index in [1.54, 1.807) is 0 Å². The molecule has 0 aromatic heterocycles. The highest BCUT2D eigenvalue weighted by Gasteiger charge is 2.37. The van der Waals surface area contributed by atoms with Crippen LogP contribution in [0.15, 0.2) is 146 Å². The first kappa shape index (κ1) is 61.6. The second kappa shape index (κ2) is 30.2. The molecule has 2 aliphatic carbocycles. The molecule has 438 valence electrons. The molecule has 0 bridgehead atoms. The molecule has 6 unspecified atom stereocenters. The van der Waals surface area contributed by atoms with E-state index in [4.69, 9.17) is 0 Å². The van der Waals surface area contributed by atoms with E-state index < -0.39 is 0 Å². The van der Waals surface area contributed by atoms with E-state index in [-0.39, 0.29) is 11.8 Å². The van der Waals surface area contributed by atoms with Gasteiger partial charge in [-0.1, -0.05) is 290 Å². The zero-order valence-corrected chi connectivity index (χ0v) is 53.5. The lowest BCUT2D eigenvalue weighted by molar-refractivity contribution is 0.449. The summed E-state index contributed by atoms with van der Waals surface area (Å²) in [5, 5.41) is 4.84. The van der Waals surface area contributed by atoms with Crippen LogP contribution in [-0.2, 0) is 25.7 Å². The molecule has 86 heavy (non-hydrogen) atoms. The second-order valence-corrected chi connectivity index (χ2v) is 25.5. The van der Waals surface area contributed by atoms with Gasteiger partial charge in [0, 0.05) is 33.4 Å². The molecule has 0 heteroatoms. The first-order valence-corrected chi connectivity index (χ1v) is 33.9. The fraction of sp³-hybridized carbons (Fsp3) is 0.395. The van der Waals surface area contributed by atoms with Crippen LogP contribution in [0.2, 0.25) is 0 Å². The van der Waals surface area contributed by atoms with Crippen molar-refractivity contribution in [2.24, 2.45) is 23.7 Å². The average Bonchev–Trinajstić information content (AvgIpc) is 0.695. The van der Waals surface area contributed by atoms with E-state index >= 15 is 0 Å². The highest BCUT2D eigenvalue weighted by Crippen LogP contribution is 2.56. The van der Waals surface area contributed by atoms with Crippen LogP contribution >= 0.6 is 0 Å². The van der Waals surface area contributed by atoms with Crippen molar-refractivity contribution >= 4 is 21.5 Å². The summed E-state index contributed by atoms with van der Waals surface area (Å²) >= 11 is 0. The third kappa shape index (κ3) is 14.7. The number of hydrogen-bond acceptors (Lipinski definition) is 0. The summed E-state index contributed by atoms with van der Waals surface area (Å²) in [6, 6.07) is 55.1. The minimum atomic E-state index is -0.209. The van der Waals surface area contributed by atoms with E-state index in [0.717, 1.165) is 70.9 Å². The Morgan fingerprint density at radius 1 is 0.314 bits per heavy atom. The predicted octanol–water partition coefficient (Wildman–Crippen LogP) is 22.5. The van der Waals surface area contributed by atoms with Crippen LogP contribution in [0.1, 0.15) is 248 Å². The zero-order valence-electron chi connectivity index (χ0n) is 53.5. The Bertz CT molecular complexity index is 3580. The van der Waals surface area contributed by atoms with E-state index in [9.17, 15) is 0 Å². The molecule has 0 saturated heterocycles. The Morgan fingerprint density at radius 3 is 0.884 bits per heavy atom. The fourth-order valence-corrected chi connectivity index (χ4v) is 14.0. The molecule has 10 rings (SSSR count). The number of rotatable bonds is 24. The van der Waals surface area contributed by atoms with Gasteiger partial charge in [-0.15, -0.1) is 0 Å². The highest BCUT2D eigenvalue weighted by atomic mass is 14.4. The third-order valence-electron chi connectivity index (χ3n) is 19.4. The molecule has 0 aliphatic heterocycles. The summed E-state index contributed by atoms with van der Waals surface area (Å²) in [7, 11) is 0. The standard InChI is InChI=1S/C86H94/c1-9-17-23-61(13-5)55-69-39-31-65(32-40-69)47-51-73-59-81-77(53-49-67-35-43-71(44-36-67)57-63(15-7)25-19-11-3)80-30-22-28-76-74(52-48-66-33-41-70(42-34-66)56-62(14-6)24-18-10-2)60-82-78(79-29-21-27-75(73)83(79)85(81)86(82)84(76)80)54-50-68-37-45-72(46-38-68)58-64(16-8)26-20-12-4/h21-22,27-46,59-64,77-78H,9-20,23-26,55-58H2,1-8H3. The summed E-state index contributed by atoms with van der Waals surface area (Å²) in [5.41, 5.74) is 19.3. The fourth-order valence-electron chi connectivity index (χ4n) is 14.0. The molecule has 0 amide bonds. The van der Waals surface area contributed by atoms with Crippen molar-refractivity contribution in [2.75, 3.05) is 0 Å². The average molecular weight is 1130 g/mol. The Balaban J connectivity index is 1.13. The maximum absolute atomic E-state index is 3.97. The number of benzene rings is 8. The minimum absolute atomic E-state index is 0.209. The van der Waals surface area contributed by atoms with Crippen molar-refractivity contribution in [3.05, 3.63) is 223 Å². The largest absolute Gasteiger partial charge is 0.0848 e. The van der Waals surface area contributed by atoms with Crippen molar-refractivity contribution in [1.29, 1.82) is 0 Å². The van der Waals surface area contributed by atoms with Crippen LogP contribution < -0.4 is 0 Å². The molecule has 6 atom stereocenters. The van der Waals surface area contributed by atoms with Gasteiger partial charge in [0.15, 0.2) is 0 Å². The molecule has 0 heterocycles. The molecule has 2 aliphatic rings.